The molecule has 0 fully saturated rings. The monoisotopic (exact) mass is 452 g/mol. The SMILES string of the molecule is Cc1nc(-c2ccc(Cl)cc2)sc1/C=N\NC(=O)Cc1csc(-c2ccccc2)n1. The molecule has 2 aromatic carbocycles. The first-order chi connectivity index (χ1) is 14.6. The summed E-state index contributed by atoms with van der Waals surface area (Å²) in [7, 11) is 0. The van der Waals surface area contributed by atoms with E-state index in [0.717, 1.165) is 37.4 Å². The molecule has 0 unspecified atom stereocenters. The number of hydrogen-bond donors (Lipinski definition) is 1. The lowest BCUT2D eigenvalue weighted by atomic mass is 10.2. The van der Waals surface area contributed by atoms with E-state index in [1.807, 2.05) is 66.9 Å². The van der Waals surface area contributed by atoms with Crippen LogP contribution in [0, 0.1) is 6.92 Å². The highest BCUT2D eigenvalue weighted by atomic mass is 35.5. The number of aryl methyl sites for hydroxylation is 1. The van der Waals surface area contributed by atoms with Crippen molar-refractivity contribution in [3.8, 4) is 21.1 Å². The highest BCUT2D eigenvalue weighted by molar-refractivity contribution is 7.16. The van der Waals surface area contributed by atoms with Gasteiger partial charge in [-0.15, -0.1) is 22.7 Å². The molecule has 4 rings (SSSR count). The molecular weight excluding hydrogens is 436 g/mol. The van der Waals surface area contributed by atoms with Gasteiger partial charge in [0.1, 0.15) is 10.0 Å². The van der Waals surface area contributed by atoms with E-state index in [1.54, 1.807) is 6.21 Å². The van der Waals surface area contributed by atoms with E-state index in [9.17, 15) is 4.79 Å². The molecule has 0 spiro atoms. The van der Waals surface area contributed by atoms with E-state index >= 15 is 0 Å². The van der Waals surface area contributed by atoms with E-state index in [2.05, 4.69) is 20.5 Å². The molecule has 0 atom stereocenters. The minimum absolute atomic E-state index is 0.179. The lowest BCUT2D eigenvalue weighted by Gasteiger charge is -1.97. The molecule has 0 saturated heterocycles. The molecule has 0 aliphatic rings. The largest absolute Gasteiger partial charge is 0.273 e. The van der Waals surface area contributed by atoms with Gasteiger partial charge in [0.2, 0.25) is 5.91 Å². The van der Waals surface area contributed by atoms with Crippen LogP contribution >= 0.6 is 34.3 Å². The Balaban J connectivity index is 1.36. The molecule has 0 saturated carbocycles. The molecule has 5 nitrogen and oxygen atoms in total. The van der Waals surface area contributed by atoms with Crippen LogP contribution in [-0.2, 0) is 11.2 Å². The Morgan fingerprint density at radius 3 is 2.57 bits per heavy atom. The van der Waals surface area contributed by atoms with Crippen LogP contribution in [0.2, 0.25) is 5.02 Å². The van der Waals surface area contributed by atoms with Gasteiger partial charge in [0.05, 0.1) is 28.9 Å². The highest BCUT2D eigenvalue weighted by Crippen LogP contribution is 2.28. The lowest BCUT2D eigenvalue weighted by Crippen LogP contribution is -2.19. The Bertz CT molecular complexity index is 1180. The highest BCUT2D eigenvalue weighted by Gasteiger charge is 2.10. The summed E-state index contributed by atoms with van der Waals surface area (Å²) in [5, 5.41) is 8.45. The predicted octanol–water partition coefficient (Wildman–Crippen LogP) is 5.59. The maximum absolute atomic E-state index is 12.2. The van der Waals surface area contributed by atoms with Crippen molar-refractivity contribution in [1.82, 2.24) is 15.4 Å². The third kappa shape index (κ3) is 4.99. The molecule has 4 aromatic rings. The van der Waals surface area contributed by atoms with Crippen molar-refractivity contribution in [2.45, 2.75) is 13.3 Å². The lowest BCUT2D eigenvalue weighted by molar-refractivity contribution is -0.120. The van der Waals surface area contributed by atoms with E-state index in [0.29, 0.717) is 5.02 Å². The zero-order valence-electron chi connectivity index (χ0n) is 16.0. The van der Waals surface area contributed by atoms with Crippen molar-refractivity contribution in [1.29, 1.82) is 0 Å². The van der Waals surface area contributed by atoms with E-state index in [4.69, 9.17) is 11.6 Å². The average molecular weight is 453 g/mol. The second kappa shape index (κ2) is 9.30. The summed E-state index contributed by atoms with van der Waals surface area (Å²) < 4.78 is 0. The molecule has 2 aromatic heterocycles. The maximum atomic E-state index is 12.2. The number of nitrogens with zero attached hydrogens (tertiary/aromatic N) is 3. The average Bonchev–Trinajstić information content (AvgIpc) is 3.36. The van der Waals surface area contributed by atoms with Crippen LogP contribution < -0.4 is 5.43 Å². The molecule has 0 bridgehead atoms. The zero-order valence-corrected chi connectivity index (χ0v) is 18.4. The van der Waals surface area contributed by atoms with Crippen LogP contribution in [0.1, 0.15) is 16.3 Å². The number of benzene rings is 2. The van der Waals surface area contributed by atoms with Crippen molar-refractivity contribution in [2.75, 3.05) is 0 Å². The molecule has 1 amide bonds. The van der Waals surface area contributed by atoms with Crippen molar-refractivity contribution in [2.24, 2.45) is 5.10 Å². The molecule has 150 valence electrons. The van der Waals surface area contributed by atoms with Gasteiger partial charge in [0, 0.05) is 21.5 Å². The molecule has 8 heteroatoms. The Morgan fingerprint density at radius 2 is 1.80 bits per heavy atom. The number of rotatable bonds is 6. The fourth-order valence-electron chi connectivity index (χ4n) is 2.71. The van der Waals surface area contributed by atoms with E-state index in [1.165, 1.54) is 22.7 Å². The van der Waals surface area contributed by atoms with Gasteiger partial charge in [0.25, 0.3) is 0 Å². The first kappa shape index (κ1) is 20.4. The standard InChI is InChI=1S/C22H17ClN4OS2/c1-14-19(30-22(25-14)16-7-9-17(23)10-8-16)12-24-27-20(28)11-18-13-29-21(26-18)15-5-3-2-4-6-15/h2-10,12-13H,11H2,1H3,(H,27,28)/b24-12-. The van der Waals surface area contributed by atoms with Crippen LogP contribution in [0.3, 0.4) is 0 Å². The fourth-order valence-corrected chi connectivity index (χ4v) is 4.61. The fraction of sp³-hybridized carbons (Fsp3) is 0.0909. The number of thiazole rings is 2. The molecule has 30 heavy (non-hydrogen) atoms. The Kier molecular flexibility index (Phi) is 6.32. The Hall–Kier alpha value is -2.87. The number of amides is 1. The molecule has 0 aliphatic carbocycles. The van der Waals surface area contributed by atoms with Crippen LogP contribution in [0.4, 0.5) is 0 Å². The van der Waals surface area contributed by atoms with Crippen molar-refractivity contribution < 1.29 is 4.79 Å². The molecular formula is C22H17ClN4OS2. The third-order valence-electron chi connectivity index (χ3n) is 4.21. The van der Waals surface area contributed by atoms with Crippen LogP contribution in [0.5, 0.6) is 0 Å². The second-order valence-corrected chi connectivity index (χ2v) is 8.78. The topological polar surface area (TPSA) is 67.2 Å². The zero-order chi connectivity index (χ0) is 20.9. The minimum Gasteiger partial charge on any atom is -0.273 e. The number of hydrogen-bond acceptors (Lipinski definition) is 6. The van der Waals surface area contributed by atoms with Gasteiger partial charge in [0.15, 0.2) is 0 Å². The van der Waals surface area contributed by atoms with Crippen LogP contribution in [-0.4, -0.2) is 22.1 Å². The van der Waals surface area contributed by atoms with Crippen molar-refractivity contribution in [3.63, 3.8) is 0 Å². The van der Waals surface area contributed by atoms with Crippen LogP contribution in [0.25, 0.3) is 21.1 Å². The number of hydrazone groups is 1. The van der Waals surface area contributed by atoms with E-state index < -0.39 is 0 Å². The van der Waals surface area contributed by atoms with Crippen molar-refractivity contribution >= 4 is 46.4 Å². The predicted molar refractivity (Wildman–Crippen MR) is 124 cm³/mol. The summed E-state index contributed by atoms with van der Waals surface area (Å²) in [5.74, 6) is -0.212. The molecule has 0 radical (unpaired) electrons. The van der Waals surface area contributed by atoms with Gasteiger partial charge in [-0.3, -0.25) is 4.79 Å². The first-order valence-electron chi connectivity index (χ1n) is 9.13. The second-order valence-electron chi connectivity index (χ2n) is 6.46. The number of nitrogens with one attached hydrogen (secondary N) is 1. The summed E-state index contributed by atoms with van der Waals surface area (Å²) in [6.45, 7) is 1.92. The van der Waals surface area contributed by atoms with E-state index in [-0.39, 0.29) is 12.3 Å². The quantitative estimate of drug-likeness (QED) is 0.306. The maximum Gasteiger partial charge on any atom is 0.246 e. The number of carbonyl (C=O) groups excluding carboxylic acids is 1. The van der Waals surface area contributed by atoms with Crippen LogP contribution in [0.15, 0.2) is 65.1 Å². The first-order valence-corrected chi connectivity index (χ1v) is 11.2. The van der Waals surface area contributed by atoms with Gasteiger partial charge in [-0.05, 0) is 19.1 Å². The summed E-state index contributed by atoms with van der Waals surface area (Å²) in [6, 6.07) is 17.4. The number of carbonyl (C=O) groups is 1. The molecule has 1 N–H and O–H groups in total. The van der Waals surface area contributed by atoms with Crippen molar-refractivity contribution in [3.05, 3.63) is 81.3 Å². The van der Waals surface area contributed by atoms with Gasteiger partial charge >= 0.3 is 0 Å². The summed E-state index contributed by atoms with van der Waals surface area (Å²) >= 11 is 8.98. The molecule has 2 heterocycles. The summed E-state index contributed by atoms with van der Waals surface area (Å²) in [5.41, 5.74) is 6.19. The normalized spacial score (nSPS) is 11.1. The Morgan fingerprint density at radius 1 is 1.07 bits per heavy atom. The number of aromatic nitrogens is 2. The number of halogens is 1. The molecule has 0 aliphatic heterocycles. The minimum atomic E-state index is -0.212. The smallest absolute Gasteiger partial charge is 0.246 e. The van der Waals surface area contributed by atoms with Gasteiger partial charge < -0.3 is 0 Å². The van der Waals surface area contributed by atoms with Gasteiger partial charge in [-0.2, -0.15) is 5.10 Å². The summed E-state index contributed by atoms with van der Waals surface area (Å²) in [6.07, 6.45) is 1.80. The van der Waals surface area contributed by atoms with Gasteiger partial charge in [-0.25, -0.2) is 15.4 Å². The summed E-state index contributed by atoms with van der Waals surface area (Å²) in [4.78, 5) is 22.2. The third-order valence-corrected chi connectivity index (χ3v) is 6.54. The van der Waals surface area contributed by atoms with Gasteiger partial charge in [-0.1, -0.05) is 54.1 Å². The Labute approximate surface area is 187 Å².